The number of ketones is 1. The summed E-state index contributed by atoms with van der Waals surface area (Å²) < 4.78 is 10.6. The van der Waals surface area contributed by atoms with E-state index in [0.717, 1.165) is 17.7 Å². The highest BCUT2D eigenvalue weighted by molar-refractivity contribution is 5.99. The average Bonchev–Trinajstić information content (AvgIpc) is 3.01. The van der Waals surface area contributed by atoms with Crippen molar-refractivity contribution < 1.29 is 23.9 Å². The minimum Gasteiger partial charge on any atom is -0.482 e. The lowest BCUT2D eigenvalue weighted by molar-refractivity contribution is -0.155. The fourth-order valence-electron chi connectivity index (χ4n) is 3.31. The molecule has 1 aliphatic heterocycles. The number of fused-ring (bicyclic) bond motifs is 1. The lowest BCUT2D eigenvalue weighted by Crippen LogP contribution is -2.43. The molecule has 0 saturated heterocycles. The van der Waals surface area contributed by atoms with Crippen molar-refractivity contribution in [3.05, 3.63) is 59.7 Å². The quantitative estimate of drug-likeness (QED) is 0.568. The number of amides is 1. The zero-order chi connectivity index (χ0) is 20.3. The highest BCUT2D eigenvalue weighted by Gasteiger charge is 2.34. The molecule has 146 valence electrons. The summed E-state index contributed by atoms with van der Waals surface area (Å²) in [6.07, 6.45) is -0.133. The minimum absolute atomic E-state index is 0.0158. The summed E-state index contributed by atoms with van der Waals surface area (Å²) in [6.45, 7) is 4.70. The van der Waals surface area contributed by atoms with E-state index >= 15 is 0 Å². The predicted molar refractivity (Wildman–Crippen MR) is 105 cm³/mol. The Hall–Kier alpha value is -3.15. The number of nitrogens with zero attached hydrogens (tertiary/aromatic N) is 1. The molecule has 6 nitrogen and oxygen atoms in total. The van der Waals surface area contributed by atoms with E-state index in [1.54, 1.807) is 36.1 Å². The number of para-hydroxylation sites is 1. The van der Waals surface area contributed by atoms with Gasteiger partial charge >= 0.3 is 5.97 Å². The number of anilines is 1. The van der Waals surface area contributed by atoms with Gasteiger partial charge in [-0.1, -0.05) is 18.2 Å². The van der Waals surface area contributed by atoms with Gasteiger partial charge in [-0.2, -0.15) is 0 Å². The van der Waals surface area contributed by atoms with Gasteiger partial charge in [0.2, 0.25) is 0 Å². The van der Waals surface area contributed by atoms with Crippen LogP contribution in [0.1, 0.15) is 36.7 Å². The molecule has 28 heavy (non-hydrogen) atoms. The van der Waals surface area contributed by atoms with Gasteiger partial charge in [0.1, 0.15) is 5.75 Å². The van der Waals surface area contributed by atoms with E-state index in [-0.39, 0.29) is 24.3 Å². The van der Waals surface area contributed by atoms with E-state index in [4.69, 9.17) is 9.47 Å². The topological polar surface area (TPSA) is 72.9 Å². The molecule has 0 fully saturated rings. The minimum atomic E-state index is -0.912. The number of Topliss-reactive ketones (excluding diaryl/α,β-unsaturated/α-hetero) is 1. The van der Waals surface area contributed by atoms with Crippen LogP contribution >= 0.6 is 0 Å². The molecule has 6 heteroatoms. The molecule has 2 aromatic rings. The average molecular weight is 381 g/mol. The van der Waals surface area contributed by atoms with Gasteiger partial charge in [0, 0.05) is 17.3 Å². The van der Waals surface area contributed by atoms with Crippen LogP contribution in [0, 0.1) is 0 Å². The first-order valence-electron chi connectivity index (χ1n) is 9.21. The molecule has 2 atom stereocenters. The summed E-state index contributed by atoms with van der Waals surface area (Å²) in [7, 11) is 0. The van der Waals surface area contributed by atoms with Gasteiger partial charge in [0.25, 0.3) is 5.91 Å². The van der Waals surface area contributed by atoms with E-state index in [1.807, 2.05) is 31.2 Å². The van der Waals surface area contributed by atoms with Gasteiger partial charge in [-0.05, 0) is 63.1 Å². The maximum Gasteiger partial charge on any atom is 0.344 e. The Bertz CT molecular complexity index is 890. The molecule has 1 amide bonds. The lowest BCUT2D eigenvalue weighted by atomic mass is 10.1. The number of rotatable bonds is 6. The highest BCUT2D eigenvalue weighted by atomic mass is 16.6. The summed E-state index contributed by atoms with van der Waals surface area (Å²) >= 11 is 0. The molecule has 0 bridgehead atoms. The van der Waals surface area contributed by atoms with Crippen LogP contribution in [0.2, 0.25) is 0 Å². The van der Waals surface area contributed by atoms with Crippen molar-refractivity contribution in [2.75, 3.05) is 11.5 Å². The normalized spacial score (nSPS) is 16.2. The molecule has 0 unspecified atom stereocenters. The third-order valence-corrected chi connectivity index (χ3v) is 4.72. The summed E-state index contributed by atoms with van der Waals surface area (Å²) in [5, 5.41) is 0. The molecule has 3 rings (SSSR count). The number of hydrogen-bond acceptors (Lipinski definition) is 5. The molecular formula is C22H23NO5. The third-order valence-electron chi connectivity index (χ3n) is 4.72. The van der Waals surface area contributed by atoms with Gasteiger partial charge in [-0.3, -0.25) is 9.59 Å². The van der Waals surface area contributed by atoms with Gasteiger partial charge in [0.15, 0.2) is 18.5 Å². The Morgan fingerprint density at radius 2 is 1.79 bits per heavy atom. The Balaban J connectivity index is 1.55. The summed E-state index contributed by atoms with van der Waals surface area (Å²) in [6, 6.07) is 14.2. The third kappa shape index (κ3) is 4.22. The Morgan fingerprint density at radius 3 is 2.46 bits per heavy atom. The molecule has 1 heterocycles. The summed E-state index contributed by atoms with van der Waals surface area (Å²) in [5.74, 6) is -0.479. The first-order chi connectivity index (χ1) is 13.4. The van der Waals surface area contributed by atoms with E-state index < -0.39 is 12.1 Å². The number of ether oxygens (including phenoxy) is 2. The molecular weight excluding hydrogens is 358 g/mol. The highest BCUT2D eigenvalue weighted by Crippen LogP contribution is 2.32. The second-order valence-corrected chi connectivity index (χ2v) is 6.89. The second-order valence-electron chi connectivity index (χ2n) is 6.89. The van der Waals surface area contributed by atoms with Crippen molar-refractivity contribution in [3.63, 3.8) is 0 Å². The van der Waals surface area contributed by atoms with Crippen LogP contribution in [0.25, 0.3) is 0 Å². The molecule has 1 aliphatic rings. The molecule has 0 aliphatic carbocycles. The number of hydrogen-bond donors (Lipinski definition) is 0. The summed E-state index contributed by atoms with van der Waals surface area (Å²) in [5.41, 5.74) is 2.54. The van der Waals surface area contributed by atoms with Crippen molar-refractivity contribution >= 4 is 23.3 Å². The van der Waals surface area contributed by atoms with Crippen molar-refractivity contribution in [1.82, 2.24) is 0 Å². The smallest absolute Gasteiger partial charge is 0.344 e. The van der Waals surface area contributed by atoms with E-state index in [9.17, 15) is 14.4 Å². The van der Waals surface area contributed by atoms with E-state index in [1.165, 1.54) is 6.92 Å². The fourth-order valence-corrected chi connectivity index (χ4v) is 3.31. The maximum absolute atomic E-state index is 12.8. The van der Waals surface area contributed by atoms with Crippen LogP contribution in [0.5, 0.6) is 5.75 Å². The lowest BCUT2D eigenvalue weighted by Gasteiger charge is -2.25. The number of carbonyl (C=O) groups is 3. The van der Waals surface area contributed by atoms with Crippen LogP contribution in [-0.4, -0.2) is 36.4 Å². The van der Waals surface area contributed by atoms with Crippen molar-refractivity contribution in [2.24, 2.45) is 0 Å². The molecule has 0 radical (unpaired) electrons. The van der Waals surface area contributed by atoms with Crippen LogP contribution in [0.15, 0.2) is 48.5 Å². The fraction of sp³-hybridized carbons (Fsp3) is 0.318. The Kier molecular flexibility index (Phi) is 5.78. The Labute approximate surface area is 164 Å². The van der Waals surface area contributed by atoms with E-state index in [2.05, 4.69) is 0 Å². The number of carbonyl (C=O) groups excluding carboxylic acids is 3. The van der Waals surface area contributed by atoms with E-state index in [0.29, 0.717) is 11.3 Å². The molecule has 0 aromatic heterocycles. The Morgan fingerprint density at radius 1 is 1.11 bits per heavy atom. The standard InChI is InChI=1S/C22H23NO5/c1-14-12-18-6-4-5-7-20(18)23(14)22(26)16(3)28-21(25)13-27-19-10-8-17(9-11-19)15(2)24/h4-11,14,16H,12-13H2,1-3H3/t14-,16-/m0/s1. The first kappa shape index (κ1) is 19.6. The van der Waals surface area contributed by atoms with Crippen LogP contribution < -0.4 is 9.64 Å². The monoisotopic (exact) mass is 381 g/mol. The van der Waals surface area contributed by atoms with Crippen LogP contribution in [-0.2, 0) is 20.7 Å². The van der Waals surface area contributed by atoms with Crippen molar-refractivity contribution in [3.8, 4) is 5.75 Å². The van der Waals surface area contributed by atoms with Gasteiger partial charge in [0.05, 0.1) is 0 Å². The largest absolute Gasteiger partial charge is 0.482 e. The van der Waals surface area contributed by atoms with Crippen molar-refractivity contribution in [2.45, 2.75) is 39.3 Å². The maximum atomic E-state index is 12.8. The molecule has 0 spiro atoms. The van der Waals surface area contributed by atoms with Crippen molar-refractivity contribution in [1.29, 1.82) is 0 Å². The molecule has 0 N–H and O–H groups in total. The molecule has 0 saturated carbocycles. The second kappa shape index (κ2) is 8.25. The SMILES string of the molecule is CC(=O)c1ccc(OCC(=O)O[C@@H](C)C(=O)N2c3ccccc3C[C@@H]2C)cc1. The van der Waals surface area contributed by atoms with Crippen LogP contribution in [0.4, 0.5) is 5.69 Å². The van der Waals surface area contributed by atoms with Gasteiger partial charge in [-0.15, -0.1) is 0 Å². The molecule has 2 aromatic carbocycles. The first-order valence-corrected chi connectivity index (χ1v) is 9.21. The number of benzene rings is 2. The van der Waals surface area contributed by atoms with Gasteiger partial charge in [-0.25, -0.2) is 4.79 Å². The van der Waals surface area contributed by atoms with Gasteiger partial charge < -0.3 is 14.4 Å². The van der Waals surface area contributed by atoms with Crippen LogP contribution in [0.3, 0.4) is 0 Å². The zero-order valence-electron chi connectivity index (χ0n) is 16.2. The summed E-state index contributed by atoms with van der Waals surface area (Å²) in [4.78, 5) is 37.8. The zero-order valence-corrected chi connectivity index (χ0v) is 16.2. The predicted octanol–water partition coefficient (Wildman–Crippen LogP) is 3.18. The number of esters is 1.